The summed E-state index contributed by atoms with van der Waals surface area (Å²) in [7, 11) is 1.59. The number of amidine groups is 1. The fourth-order valence-corrected chi connectivity index (χ4v) is 2.38. The molecule has 2 aromatic rings. The standard InChI is InChI=1S/C13H11Br2N3O2/c1-19-10-5-9(15)11(6-8(10)14)20-12-4-7(13(16)17)2-3-18-12/h2-6H,1H3,(H3,16,17). The summed E-state index contributed by atoms with van der Waals surface area (Å²) in [6, 6.07) is 6.81. The fourth-order valence-electron chi connectivity index (χ4n) is 1.49. The largest absolute Gasteiger partial charge is 0.496 e. The molecule has 0 saturated heterocycles. The number of ether oxygens (including phenoxy) is 2. The Morgan fingerprint density at radius 1 is 1.20 bits per heavy atom. The molecule has 104 valence electrons. The molecule has 5 nitrogen and oxygen atoms in total. The van der Waals surface area contributed by atoms with Crippen molar-refractivity contribution < 1.29 is 9.47 Å². The van der Waals surface area contributed by atoms with Crippen LogP contribution in [0.25, 0.3) is 0 Å². The SMILES string of the molecule is COc1cc(Br)c(Oc2cc(C(=N)N)ccn2)cc1Br. The Morgan fingerprint density at radius 2 is 1.85 bits per heavy atom. The van der Waals surface area contributed by atoms with Crippen molar-refractivity contribution >= 4 is 37.7 Å². The molecule has 0 atom stereocenters. The summed E-state index contributed by atoms with van der Waals surface area (Å²) < 4.78 is 12.4. The zero-order chi connectivity index (χ0) is 14.7. The van der Waals surface area contributed by atoms with Crippen LogP contribution in [0.5, 0.6) is 17.4 Å². The van der Waals surface area contributed by atoms with E-state index in [1.807, 2.05) is 0 Å². The number of halogens is 2. The van der Waals surface area contributed by atoms with Gasteiger partial charge in [-0.1, -0.05) is 0 Å². The van der Waals surface area contributed by atoms with Gasteiger partial charge in [-0.15, -0.1) is 0 Å². The quantitative estimate of drug-likeness (QED) is 0.605. The Hall–Kier alpha value is -1.60. The molecule has 0 amide bonds. The van der Waals surface area contributed by atoms with Crippen molar-refractivity contribution in [3.05, 3.63) is 45.0 Å². The van der Waals surface area contributed by atoms with Crippen LogP contribution >= 0.6 is 31.9 Å². The Labute approximate surface area is 132 Å². The number of pyridine rings is 1. The first-order valence-electron chi connectivity index (χ1n) is 5.52. The molecule has 0 saturated carbocycles. The van der Waals surface area contributed by atoms with Crippen LogP contribution in [-0.4, -0.2) is 17.9 Å². The second-order valence-electron chi connectivity index (χ2n) is 3.82. The van der Waals surface area contributed by atoms with E-state index in [1.54, 1.807) is 37.6 Å². The average Bonchev–Trinajstić information content (AvgIpc) is 2.42. The molecular formula is C13H11Br2N3O2. The minimum absolute atomic E-state index is 0.0350. The van der Waals surface area contributed by atoms with Crippen LogP contribution < -0.4 is 15.2 Å². The van der Waals surface area contributed by atoms with Gasteiger partial charge in [0.15, 0.2) is 0 Å². The molecule has 1 aromatic heterocycles. The second kappa shape index (κ2) is 6.23. The minimum Gasteiger partial charge on any atom is -0.496 e. The maximum absolute atomic E-state index is 7.40. The fraction of sp³-hybridized carbons (Fsp3) is 0.0769. The molecule has 1 heterocycles. The van der Waals surface area contributed by atoms with Gasteiger partial charge in [-0.2, -0.15) is 0 Å². The van der Waals surface area contributed by atoms with Gasteiger partial charge < -0.3 is 15.2 Å². The number of methoxy groups -OCH3 is 1. The van der Waals surface area contributed by atoms with Gasteiger partial charge in [0.2, 0.25) is 5.88 Å². The lowest BCUT2D eigenvalue weighted by Crippen LogP contribution is -2.11. The van der Waals surface area contributed by atoms with Crippen molar-refractivity contribution in [1.29, 1.82) is 5.41 Å². The average molecular weight is 401 g/mol. The normalized spacial score (nSPS) is 10.2. The van der Waals surface area contributed by atoms with E-state index >= 15 is 0 Å². The van der Waals surface area contributed by atoms with Gasteiger partial charge in [0.1, 0.15) is 17.3 Å². The number of nitrogens with one attached hydrogen (secondary N) is 1. The third-order valence-corrected chi connectivity index (χ3v) is 3.71. The van der Waals surface area contributed by atoms with Crippen molar-refractivity contribution in [2.45, 2.75) is 0 Å². The highest BCUT2D eigenvalue weighted by Crippen LogP contribution is 2.37. The van der Waals surface area contributed by atoms with Gasteiger partial charge in [-0.05, 0) is 50.1 Å². The van der Waals surface area contributed by atoms with Crippen molar-refractivity contribution in [3.63, 3.8) is 0 Å². The molecule has 20 heavy (non-hydrogen) atoms. The molecule has 0 aliphatic heterocycles. The number of aromatic nitrogens is 1. The number of benzene rings is 1. The molecule has 1 aromatic carbocycles. The second-order valence-corrected chi connectivity index (χ2v) is 5.52. The number of nitrogens with two attached hydrogens (primary N) is 1. The minimum atomic E-state index is -0.0350. The van der Waals surface area contributed by atoms with Crippen LogP contribution in [0, 0.1) is 5.41 Å². The Morgan fingerprint density at radius 3 is 2.50 bits per heavy atom. The summed E-state index contributed by atoms with van der Waals surface area (Å²) in [5.41, 5.74) is 5.99. The zero-order valence-corrected chi connectivity index (χ0v) is 13.7. The summed E-state index contributed by atoms with van der Waals surface area (Å²) in [6.07, 6.45) is 1.54. The first-order chi connectivity index (χ1) is 9.51. The third-order valence-electron chi connectivity index (χ3n) is 2.47. The van der Waals surface area contributed by atoms with Crippen LogP contribution in [0.15, 0.2) is 39.4 Å². The summed E-state index contributed by atoms with van der Waals surface area (Å²) in [5, 5.41) is 7.40. The first-order valence-corrected chi connectivity index (χ1v) is 7.11. The molecular weight excluding hydrogens is 390 g/mol. The zero-order valence-electron chi connectivity index (χ0n) is 10.5. The molecule has 7 heteroatoms. The smallest absolute Gasteiger partial charge is 0.219 e. The molecule has 2 rings (SSSR count). The summed E-state index contributed by atoms with van der Waals surface area (Å²) in [4.78, 5) is 4.09. The molecule has 0 unspecified atom stereocenters. The van der Waals surface area contributed by atoms with Crippen molar-refractivity contribution in [2.24, 2.45) is 5.73 Å². The monoisotopic (exact) mass is 399 g/mol. The van der Waals surface area contributed by atoms with E-state index in [1.165, 1.54) is 0 Å². The van der Waals surface area contributed by atoms with E-state index in [2.05, 4.69) is 36.8 Å². The van der Waals surface area contributed by atoms with E-state index in [-0.39, 0.29) is 5.84 Å². The molecule has 0 spiro atoms. The summed E-state index contributed by atoms with van der Waals surface area (Å²) in [5.74, 6) is 1.59. The first kappa shape index (κ1) is 14.8. The Balaban J connectivity index is 2.32. The lowest BCUT2D eigenvalue weighted by atomic mass is 10.2. The van der Waals surface area contributed by atoms with Crippen LogP contribution in [0.3, 0.4) is 0 Å². The van der Waals surface area contributed by atoms with E-state index in [9.17, 15) is 0 Å². The molecule has 0 aliphatic carbocycles. The predicted molar refractivity (Wildman–Crippen MR) is 83.7 cm³/mol. The summed E-state index contributed by atoms with van der Waals surface area (Å²) >= 11 is 6.80. The Kier molecular flexibility index (Phi) is 4.61. The number of rotatable bonds is 4. The van der Waals surface area contributed by atoms with Gasteiger partial charge in [0.25, 0.3) is 0 Å². The van der Waals surface area contributed by atoms with Crippen LogP contribution in [0.1, 0.15) is 5.56 Å². The highest BCUT2D eigenvalue weighted by molar-refractivity contribution is 9.11. The van der Waals surface area contributed by atoms with E-state index in [4.69, 9.17) is 20.6 Å². The van der Waals surface area contributed by atoms with Crippen molar-refractivity contribution in [3.8, 4) is 17.4 Å². The van der Waals surface area contributed by atoms with Gasteiger partial charge in [0, 0.05) is 17.8 Å². The lowest BCUT2D eigenvalue weighted by molar-refractivity contribution is 0.408. The number of nitrogens with zero attached hydrogens (tertiary/aromatic N) is 1. The van der Waals surface area contributed by atoms with E-state index in [0.717, 1.165) is 8.95 Å². The van der Waals surface area contributed by atoms with Crippen LogP contribution in [0.4, 0.5) is 0 Å². The van der Waals surface area contributed by atoms with Crippen LogP contribution in [0.2, 0.25) is 0 Å². The number of nitrogen functional groups attached to an aromatic ring is 1. The highest BCUT2D eigenvalue weighted by atomic mass is 79.9. The molecule has 3 N–H and O–H groups in total. The predicted octanol–water partition coefficient (Wildman–Crippen LogP) is 3.69. The topological polar surface area (TPSA) is 81.2 Å². The van der Waals surface area contributed by atoms with Crippen LogP contribution in [-0.2, 0) is 0 Å². The van der Waals surface area contributed by atoms with Gasteiger partial charge >= 0.3 is 0 Å². The van der Waals surface area contributed by atoms with Gasteiger partial charge in [0.05, 0.1) is 16.1 Å². The van der Waals surface area contributed by atoms with Gasteiger partial charge in [-0.3, -0.25) is 5.41 Å². The van der Waals surface area contributed by atoms with E-state index in [0.29, 0.717) is 22.9 Å². The molecule has 0 bridgehead atoms. The summed E-state index contributed by atoms with van der Waals surface area (Å²) in [6.45, 7) is 0. The molecule has 0 aliphatic rings. The van der Waals surface area contributed by atoms with Gasteiger partial charge in [-0.25, -0.2) is 4.98 Å². The maximum atomic E-state index is 7.40. The number of hydrogen-bond acceptors (Lipinski definition) is 4. The highest BCUT2D eigenvalue weighted by Gasteiger charge is 2.10. The third kappa shape index (κ3) is 3.29. The Bertz CT molecular complexity index is 662. The molecule has 0 fully saturated rings. The van der Waals surface area contributed by atoms with Crippen molar-refractivity contribution in [1.82, 2.24) is 4.98 Å². The van der Waals surface area contributed by atoms with Crippen molar-refractivity contribution in [2.75, 3.05) is 7.11 Å². The number of hydrogen-bond donors (Lipinski definition) is 2. The lowest BCUT2D eigenvalue weighted by Gasteiger charge is -2.10. The maximum Gasteiger partial charge on any atom is 0.219 e. The molecule has 0 radical (unpaired) electrons. The van der Waals surface area contributed by atoms with E-state index < -0.39 is 0 Å².